The third-order valence-corrected chi connectivity index (χ3v) is 3.75. The number of rotatable bonds is 4. The van der Waals surface area contributed by atoms with Gasteiger partial charge in [-0.05, 0) is 31.9 Å². The molecule has 3 nitrogen and oxygen atoms in total. The van der Waals surface area contributed by atoms with Crippen LogP contribution in [0.5, 0.6) is 0 Å². The second kappa shape index (κ2) is 6.46. The summed E-state index contributed by atoms with van der Waals surface area (Å²) in [6, 6.07) is 7.13. The first kappa shape index (κ1) is 14.4. The fourth-order valence-electron chi connectivity index (χ4n) is 2.47. The molecule has 0 aliphatic carbocycles. The second-order valence-corrected chi connectivity index (χ2v) is 5.46. The molecule has 4 heteroatoms. The van der Waals surface area contributed by atoms with E-state index >= 15 is 0 Å². The van der Waals surface area contributed by atoms with Crippen LogP contribution in [-0.4, -0.2) is 42.8 Å². The summed E-state index contributed by atoms with van der Waals surface area (Å²) in [5.74, 6) is -0.186. The summed E-state index contributed by atoms with van der Waals surface area (Å²) in [5.41, 5.74) is 6.86. The lowest BCUT2D eigenvalue weighted by molar-refractivity contribution is -0.0496. The number of nitrogens with two attached hydrogens (primary N) is 1. The molecule has 0 bridgehead atoms. The Morgan fingerprint density at radius 3 is 2.84 bits per heavy atom. The van der Waals surface area contributed by atoms with Gasteiger partial charge in [0.25, 0.3) is 0 Å². The molecule has 1 fully saturated rings. The molecule has 19 heavy (non-hydrogen) atoms. The van der Waals surface area contributed by atoms with Crippen molar-refractivity contribution in [1.82, 2.24) is 4.90 Å². The van der Waals surface area contributed by atoms with Crippen LogP contribution < -0.4 is 5.73 Å². The Morgan fingerprint density at radius 2 is 2.16 bits per heavy atom. The van der Waals surface area contributed by atoms with Crippen LogP contribution in [0.25, 0.3) is 0 Å². The zero-order chi connectivity index (χ0) is 13.8. The molecular formula is C15H23FN2O. The van der Waals surface area contributed by atoms with Crippen molar-refractivity contribution in [3.63, 3.8) is 0 Å². The largest absolute Gasteiger partial charge is 0.374 e. The number of halogens is 1. The van der Waals surface area contributed by atoms with Crippen molar-refractivity contribution in [2.24, 2.45) is 5.73 Å². The van der Waals surface area contributed by atoms with E-state index in [2.05, 4.69) is 18.7 Å². The molecule has 1 aliphatic heterocycles. The van der Waals surface area contributed by atoms with Crippen molar-refractivity contribution < 1.29 is 9.13 Å². The molecule has 2 atom stereocenters. The SMILES string of the molecule is CC(C)N1CCOC(C(N)Cc2ccccc2F)C1. The minimum atomic E-state index is -0.186. The molecule has 0 saturated carbocycles. The van der Waals surface area contributed by atoms with Gasteiger partial charge in [-0.15, -0.1) is 0 Å². The summed E-state index contributed by atoms with van der Waals surface area (Å²) in [6.45, 7) is 6.82. The van der Waals surface area contributed by atoms with Gasteiger partial charge in [0.15, 0.2) is 0 Å². The molecule has 2 N–H and O–H groups in total. The summed E-state index contributed by atoms with van der Waals surface area (Å²) < 4.78 is 19.4. The summed E-state index contributed by atoms with van der Waals surface area (Å²) in [4.78, 5) is 2.36. The lowest BCUT2D eigenvalue weighted by Crippen LogP contribution is -2.53. The molecule has 1 heterocycles. The molecule has 0 aromatic heterocycles. The highest BCUT2D eigenvalue weighted by Gasteiger charge is 2.27. The van der Waals surface area contributed by atoms with Crippen LogP contribution >= 0.6 is 0 Å². The maximum absolute atomic E-state index is 13.6. The van der Waals surface area contributed by atoms with E-state index in [9.17, 15) is 4.39 Å². The number of hydrogen-bond acceptors (Lipinski definition) is 3. The van der Waals surface area contributed by atoms with E-state index in [-0.39, 0.29) is 18.0 Å². The Balaban J connectivity index is 1.96. The van der Waals surface area contributed by atoms with Crippen LogP contribution in [-0.2, 0) is 11.2 Å². The first-order valence-electron chi connectivity index (χ1n) is 6.92. The Labute approximate surface area is 114 Å². The van der Waals surface area contributed by atoms with Crippen molar-refractivity contribution in [3.8, 4) is 0 Å². The monoisotopic (exact) mass is 266 g/mol. The highest BCUT2D eigenvalue weighted by Crippen LogP contribution is 2.15. The van der Waals surface area contributed by atoms with Gasteiger partial charge in [0, 0.05) is 25.2 Å². The molecule has 2 rings (SSSR count). The third-order valence-electron chi connectivity index (χ3n) is 3.75. The Kier molecular flexibility index (Phi) is 4.91. The van der Waals surface area contributed by atoms with E-state index in [1.807, 2.05) is 6.07 Å². The molecule has 106 valence electrons. The minimum Gasteiger partial charge on any atom is -0.374 e. The molecular weight excluding hydrogens is 243 g/mol. The van der Waals surface area contributed by atoms with Crippen molar-refractivity contribution >= 4 is 0 Å². The van der Waals surface area contributed by atoms with Crippen LogP contribution in [0.3, 0.4) is 0 Å². The van der Waals surface area contributed by atoms with Gasteiger partial charge < -0.3 is 10.5 Å². The zero-order valence-corrected chi connectivity index (χ0v) is 11.7. The van der Waals surface area contributed by atoms with Gasteiger partial charge in [-0.25, -0.2) is 4.39 Å². The van der Waals surface area contributed by atoms with Gasteiger partial charge in [0.1, 0.15) is 5.82 Å². The van der Waals surface area contributed by atoms with Crippen LogP contribution in [0.4, 0.5) is 4.39 Å². The predicted octanol–water partition coefficient (Wildman–Crippen LogP) is 1.80. The highest BCUT2D eigenvalue weighted by atomic mass is 19.1. The number of nitrogens with zero attached hydrogens (tertiary/aromatic N) is 1. The van der Waals surface area contributed by atoms with Gasteiger partial charge in [0.2, 0.25) is 0 Å². The standard InChI is InChI=1S/C15H23FN2O/c1-11(2)18-7-8-19-15(10-18)14(17)9-12-5-3-4-6-13(12)16/h3-6,11,14-15H,7-10,17H2,1-2H3. The molecule has 1 aromatic rings. The quantitative estimate of drug-likeness (QED) is 0.903. The Hall–Kier alpha value is -0.970. The van der Waals surface area contributed by atoms with Crippen molar-refractivity contribution in [2.45, 2.75) is 38.5 Å². The molecule has 0 spiro atoms. The van der Waals surface area contributed by atoms with Gasteiger partial charge in [0.05, 0.1) is 12.7 Å². The minimum absolute atomic E-state index is 0.0178. The van der Waals surface area contributed by atoms with Gasteiger partial charge >= 0.3 is 0 Å². The van der Waals surface area contributed by atoms with E-state index < -0.39 is 0 Å². The number of morpholine rings is 1. The van der Waals surface area contributed by atoms with Gasteiger partial charge in [-0.3, -0.25) is 4.90 Å². The molecule has 1 aliphatic rings. The third kappa shape index (κ3) is 3.75. The zero-order valence-electron chi connectivity index (χ0n) is 11.7. The van der Waals surface area contributed by atoms with Crippen molar-refractivity contribution in [3.05, 3.63) is 35.6 Å². The summed E-state index contributed by atoms with van der Waals surface area (Å²) in [7, 11) is 0. The number of benzene rings is 1. The second-order valence-electron chi connectivity index (χ2n) is 5.46. The average molecular weight is 266 g/mol. The van der Waals surface area contributed by atoms with Crippen LogP contribution in [0.2, 0.25) is 0 Å². The summed E-state index contributed by atoms with van der Waals surface area (Å²) in [6.07, 6.45) is 0.499. The van der Waals surface area contributed by atoms with Crippen molar-refractivity contribution in [2.75, 3.05) is 19.7 Å². The Morgan fingerprint density at radius 1 is 1.42 bits per heavy atom. The average Bonchev–Trinajstić information content (AvgIpc) is 2.41. The highest BCUT2D eigenvalue weighted by molar-refractivity contribution is 5.18. The lowest BCUT2D eigenvalue weighted by atomic mass is 10.00. The van der Waals surface area contributed by atoms with Crippen LogP contribution in [0, 0.1) is 5.82 Å². The molecule has 1 aromatic carbocycles. The predicted molar refractivity (Wildman–Crippen MR) is 74.5 cm³/mol. The smallest absolute Gasteiger partial charge is 0.126 e. The van der Waals surface area contributed by atoms with E-state index in [1.54, 1.807) is 12.1 Å². The summed E-state index contributed by atoms with van der Waals surface area (Å²) >= 11 is 0. The van der Waals surface area contributed by atoms with Crippen LogP contribution in [0.1, 0.15) is 19.4 Å². The maximum atomic E-state index is 13.6. The van der Waals surface area contributed by atoms with Crippen LogP contribution in [0.15, 0.2) is 24.3 Å². The molecule has 0 radical (unpaired) electrons. The fraction of sp³-hybridized carbons (Fsp3) is 0.600. The number of hydrogen-bond donors (Lipinski definition) is 1. The van der Waals surface area contributed by atoms with Gasteiger partial charge in [-0.2, -0.15) is 0 Å². The maximum Gasteiger partial charge on any atom is 0.126 e. The van der Waals surface area contributed by atoms with E-state index in [1.165, 1.54) is 6.07 Å². The Bertz CT molecular complexity index is 411. The normalized spacial score (nSPS) is 22.7. The first-order valence-corrected chi connectivity index (χ1v) is 6.92. The van der Waals surface area contributed by atoms with Crippen molar-refractivity contribution in [1.29, 1.82) is 0 Å². The molecule has 2 unspecified atom stereocenters. The lowest BCUT2D eigenvalue weighted by Gasteiger charge is -2.38. The topological polar surface area (TPSA) is 38.5 Å². The van der Waals surface area contributed by atoms with E-state index in [0.29, 0.717) is 24.6 Å². The molecule has 1 saturated heterocycles. The first-order chi connectivity index (χ1) is 9.08. The fourth-order valence-corrected chi connectivity index (χ4v) is 2.47. The molecule has 0 amide bonds. The van der Waals surface area contributed by atoms with E-state index in [0.717, 1.165) is 13.1 Å². The van der Waals surface area contributed by atoms with E-state index in [4.69, 9.17) is 10.5 Å². The number of ether oxygens (including phenoxy) is 1. The van der Waals surface area contributed by atoms with Gasteiger partial charge in [-0.1, -0.05) is 18.2 Å². The summed E-state index contributed by atoms with van der Waals surface area (Å²) in [5, 5.41) is 0.